The number of amides is 1. The lowest BCUT2D eigenvalue weighted by Crippen LogP contribution is -2.43. The number of rotatable bonds is 5. The molecule has 6 heteroatoms. The van der Waals surface area contributed by atoms with Crippen LogP contribution in [0.3, 0.4) is 0 Å². The molecular formula is C22H24N4O2. The molecule has 1 N–H and O–H groups in total. The standard InChI is InChI=1S/C22H24N4O2/c1-28-18-10-8-16(9-11-18)13-24-22(27)17-5-4-12-26(15-17)21-14-23-19-6-2-3-7-20(19)25-21/h2-3,6-11,14,17H,4-5,12-13,15H2,1H3,(H,24,27)/t17-/m0/s1. The van der Waals surface area contributed by atoms with E-state index in [-0.39, 0.29) is 11.8 Å². The second-order valence-electron chi connectivity index (χ2n) is 7.07. The largest absolute Gasteiger partial charge is 0.497 e. The van der Waals surface area contributed by atoms with Crippen molar-refractivity contribution in [1.29, 1.82) is 0 Å². The minimum atomic E-state index is -0.0414. The van der Waals surface area contributed by atoms with Gasteiger partial charge in [-0.25, -0.2) is 4.98 Å². The lowest BCUT2D eigenvalue weighted by molar-refractivity contribution is -0.125. The van der Waals surface area contributed by atoms with Gasteiger partial charge in [0, 0.05) is 19.6 Å². The smallest absolute Gasteiger partial charge is 0.225 e. The third-order valence-corrected chi connectivity index (χ3v) is 5.18. The first-order valence-corrected chi connectivity index (χ1v) is 9.60. The average Bonchev–Trinajstić information content (AvgIpc) is 2.77. The van der Waals surface area contributed by atoms with Gasteiger partial charge in [-0.15, -0.1) is 0 Å². The summed E-state index contributed by atoms with van der Waals surface area (Å²) in [4.78, 5) is 24.1. The molecule has 0 saturated carbocycles. The summed E-state index contributed by atoms with van der Waals surface area (Å²) < 4.78 is 5.17. The molecule has 0 radical (unpaired) electrons. The number of methoxy groups -OCH3 is 1. The van der Waals surface area contributed by atoms with Crippen LogP contribution >= 0.6 is 0 Å². The number of hydrogen-bond acceptors (Lipinski definition) is 5. The summed E-state index contributed by atoms with van der Waals surface area (Å²) >= 11 is 0. The van der Waals surface area contributed by atoms with E-state index in [1.165, 1.54) is 0 Å². The van der Waals surface area contributed by atoms with Crippen molar-refractivity contribution in [1.82, 2.24) is 15.3 Å². The summed E-state index contributed by atoms with van der Waals surface area (Å²) in [5, 5.41) is 3.07. The van der Waals surface area contributed by atoms with E-state index in [4.69, 9.17) is 9.72 Å². The van der Waals surface area contributed by atoms with Crippen molar-refractivity contribution in [3.63, 3.8) is 0 Å². The highest BCUT2D eigenvalue weighted by Crippen LogP contribution is 2.23. The van der Waals surface area contributed by atoms with Crippen molar-refractivity contribution < 1.29 is 9.53 Å². The van der Waals surface area contributed by atoms with Gasteiger partial charge in [-0.3, -0.25) is 9.78 Å². The number of anilines is 1. The number of nitrogens with one attached hydrogen (secondary N) is 1. The second-order valence-corrected chi connectivity index (χ2v) is 7.07. The molecular weight excluding hydrogens is 352 g/mol. The Morgan fingerprint density at radius 3 is 2.75 bits per heavy atom. The first-order valence-electron chi connectivity index (χ1n) is 9.60. The Balaban J connectivity index is 1.38. The molecule has 2 aromatic carbocycles. The van der Waals surface area contributed by atoms with Gasteiger partial charge in [-0.05, 0) is 42.7 Å². The molecule has 0 aliphatic carbocycles. The van der Waals surface area contributed by atoms with E-state index in [1.54, 1.807) is 13.3 Å². The summed E-state index contributed by atoms with van der Waals surface area (Å²) in [6, 6.07) is 15.6. The number of carbonyl (C=O) groups is 1. The van der Waals surface area contributed by atoms with E-state index in [2.05, 4.69) is 15.2 Å². The van der Waals surface area contributed by atoms with Crippen molar-refractivity contribution >= 4 is 22.8 Å². The summed E-state index contributed by atoms with van der Waals surface area (Å²) in [7, 11) is 1.64. The number of nitrogens with zero attached hydrogens (tertiary/aromatic N) is 3. The zero-order valence-corrected chi connectivity index (χ0v) is 16.0. The molecule has 1 fully saturated rings. The molecule has 1 saturated heterocycles. The monoisotopic (exact) mass is 376 g/mol. The molecule has 1 atom stereocenters. The number of carbonyl (C=O) groups excluding carboxylic acids is 1. The number of fused-ring (bicyclic) bond motifs is 1. The van der Waals surface area contributed by atoms with Crippen LogP contribution in [0, 0.1) is 5.92 Å². The van der Waals surface area contributed by atoms with Crippen molar-refractivity contribution in [2.24, 2.45) is 5.92 Å². The van der Waals surface area contributed by atoms with Gasteiger partial charge in [0.25, 0.3) is 0 Å². The number of piperidine rings is 1. The van der Waals surface area contributed by atoms with Crippen LogP contribution in [-0.4, -0.2) is 36.1 Å². The Hall–Kier alpha value is -3.15. The number of para-hydroxylation sites is 2. The van der Waals surface area contributed by atoms with Crippen molar-refractivity contribution in [3.8, 4) is 5.75 Å². The van der Waals surface area contributed by atoms with Gasteiger partial charge < -0.3 is 15.0 Å². The minimum absolute atomic E-state index is 0.0414. The highest BCUT2D eigenvalue weighted by molar-refractivity contribution is 5.80. The number of aromatic nitrogens is 2. The molecule has 144 valence electrons. The third kappa shape index (κ3) is 4.06. The molecule has 0 spiro atoms. The number of benzene rings is 2. The summed E-state index contributed by atoms with van der Waals surface area (Å²) in [6.45, 7) is 2.09. The van der Waals surface area contributed by atoms with Crippen LogP contribution < -0.4 is 15.0 Å². The highest BCUT2D eigenvalue weighted by Gasteiger charge is 2.26. The molecule has 1 aliphatic heterocycles. The van der Waals surface area contributed by atoms with Crippen LogP contribution in [0.2, 0.25) is 0 Å². The minimum Gasteiger partial charge on any atom is -0.497 e. The van der Waals surface area contributed by atoms with E-state index in [0.29, 0.717) is 13.1 Å². The lowest BCUT2D eigenvalue weighted by Gasteiger charge is -2.32. The van der Waals surface area contributed by atoms with Gasteiger partial charge in [0.05, 0.1) is 30.3 Å². The quantitative estimate of drug-likeness (QED) is 0.741. The summed E-state index contributed by atoms with van der Waals surface area (Å²) in [5.41, 5.74) is 2.82. The van der Waals surface area contributed by atoms with E-state index in [9.17, 15) is 4.79 Å². The Morgan fingerprint density at radius 2 is 1.96 bits per heavy atom. The predicted molar refractivity (Wildman–Crippen MR) is 109 cm³/mol. The molecule has 0 unspecified atom stereocenters. The van der Waals surface area contributed by atoms with Crippen LogP contribution in [0.4, 0.5) is 5.82 Å². The SMILES string of the molecule is COc1ccc(CNC(=O)[C@H]2CCCN(c3cnc4ccccc4n3)C2)cc1. The maximum Gasteiger partial charge on any atom is 0.225 e. The maximum atomic E-state index is 12.7. The van der Waals surface area contributed by atoms with Crippen LogP contribution in [0.25, 0.3) is 11.0 Å². The Bertz CT molecular complexity index is 958. The fraction of sp³-hybridized carbons (Fsp3) is 0.318. The van der Waals surface area contributed by atoms with Crippen molar-refractivity contribution in [2.45, 2.75) is 19.4 Å². The molecule has 0 bridgehead atoms. The van der Waals surface area contributed by atoms with E-state index >= 15 is 0 Å². The number of hydrogen-bond donors (Lipinski definition) is 1. The Morgan fingerprint density at radius 1 is 1.18 bits per heavy atom. The Kier molecular flexibility index (Phi) is 5.37. The second kappa shape index (κ2) is 8.25. The zero-order valence-electron chi connectivity index (χ0n) is 16.0. The molecule has 28 heavy (non-hydrogen) atoms. The first-order chi connectivity index (χ1) is 13.7. The molecule has 6 nitrogen and oxygen atoms in total. The average molecular weight is 376 g/mol. The van der Waals surface area contributed by atoms with Crippen LogP contribution in [0.5, 0.6) is 5.75 Å². The highest BCUT2D eigenvalue weighted by atomic mass is 16.5. The maximum absolute atomic E-state index is 12.7. The molecule has 4 rings (SSSR count). The van der Waals surface area contributed by atoms with E-state index < -0.39 is 0 Å². The van der Waals surface area contributed by atoms with Gasteiger partial charge in [-0.2, -0.15) is 0 Å². The van der Waals surface area contributed by atoms with Gasteiger partial charge >= 0.3 is 0 Å². The molecule has 3 aromatic rings. The van der Waals surface area contributed by atoms with Crippen LogP contribution in [0.1, 0.15) is 18.4 Å². The van der Waals surface area contributed by atoms with Gasteiger partial charge in [0.2, 0.25) is 5.91 Å². The molecule has 1 aliphatic rings. The van der Waals surface area contributed by atoms with Crippen LogP contribution in [0.15, 0.2) is 54.7 Å². The fourth-order valence-electron chi connectivity index (χ4n) is 3.58. The first kappa shape index (κ1) is 18.2. The topological polar surface area (TPSA) is 67.3 Å². The fourth-order valence-corrected chi connectivity index (χ4v) is 3.58. The van der Waals surface area contributed by atoms with Gasteiger partial charge in [0.15, 0.2) is 0 Å². The molecule has 1 amide bonds. The van der Waals surface area contributed by atoms with Crippen molar-refractivity contribution in [3.05, 3.63) is 60.3 Å². The molecule has 1 aromatic heterocycles. The lowest BCUT2D eigenvalue weighted by atomic mass is 9.97. The van der Waals surface area contributed by atoms with E-state index in [0.717, 1.165) is 47.6 Å². The normalized spacial score (nSPS) is 16.8. The van der Waals surface area contributed by atoms with Gasteiger partial charge in [0.1, 0.15) is 11.6 Å². The van der Waals surface area contributed by atoms with E-state index in [1.807, 2.05) is 48.5 Å². The predicted octanol–water partition coefficient (Wildman–Crippen LogP) is 3.17. The van der Waals surface area contributed by atoms with Gasteiger partial charge in [-0.1, -0.05) is 24.3 Å². The summed E-state index contributed by atoms with van der Waals surface area (Å²) in [5.74, 6) is 1.70. The molecule has 2 heterocycles. The Labute approximate surface area is 164 Å². The third-order valence-electron chi connectivity index (χ3n) is 5.18. The zero-order chi connectivity index (χ0) is 19.3. The van der Waals surface area contributed by atoms with Crippen molar-refractivity contribution in [2.75, 3.05) is 25.1 Å². The summed E-state index contributed by atoms with van der Waals surface area (Å²) in [6.07, 6.45) is 3.67. The van der Waals surface area contributed by atoms with Crippen LogP contribution in [-0.2, 0) is 11.3 Å². The number of ether oxygens (including phenoxy) is 1.